The Morgan fingerprint density at radius 1 is 1.03 bits per heavy atom. The summed E-state index contributed by atoms with van der Waals surface area (Å²) in [5, 5.41) is 0. The van der Waals surface area contributed by atoms with Gasteiger partial charge in [0.05, 0.1) is 4.90 Å². The zero-order valence-electron chi connectivity index (χ0n) is 16.0. The number of hydrogen-bond acceptors (Lipinski definition) is 5. The van der Waals surface area contributed by atoms with Gasteiger partial charge in [-0.1, -0.05) is 50.6 Å². The van der Waals surface area contributed by atoms with E-state index < -0.39 is 27.9 Å². The standard InChI is InChI=1S/C20H22N4O4S/c1-3-13(2)17(20(26)23-22-19(25)14-9-5-4-6-10-14)21-18-15-11-7-8-12-16(15)29(27,28)24-18/h4-13,17H,3H2,1-2H3,(H,21,24)(H,22,25)(H,23,26)/t13-,17-/m0/s1. The van der Waals surface area contributed by atoms with E-state index in [-0.39, 0.29) is 16.6 Å². The summed E-state index contributed by atoms with van der Waals surface area (Å²) in [6.07, 6.45) is 0.635. The zero-order chi connectivity index (χ0) is 21.0. The lowest BCUT2D eigenvalue weighted by Crippen LogP contribution is -2.48. The Bertz CT molecular complexity index is 1050. The van der Waals surface area contributed by atoms with Gasteiger partial charge in [0.15, 0.2) is 0 Å². The second-order valence-corrected chi connectivity index (χ2v) is 8.37. The molecule has 152 valence electrons. The van der Waals surface area contributed by atoms with Crippen LogP contribution < -0.4 is 15.6 Å². The molecule has 0 fully saturated rings. The maximum absolute atomic E-state index is 12.7. The molecule has 0 spiro atoms. The van der Waals surface area contributed by atoms with Crippen LogP contribution in [0.2, 0.25) is 0 Å². The minimum absolute atomic E-state index is 0.121. The van der Waals surface area contributed by atoms with Gasteiger partial charge in [-0.2, -0.15) is 0 Å². The van der Waals surface area contributed by atoms with Gasteiger partial charge in [-0.3, -0.25) is 30.2 Å². The summed E-state index contributed by atoms with van der Waals surface area (Å²) in [5.41, 5.74) is 5.58. The van der Waals surface area contributed by atoms with E-state index in [0.29, 0.717) is 17.5 Å². The van der Waals surface area contributed by atoms with E-state index in [1.807, 2.05) is 13.8 Å². The van der Waals surface area contributed by atoms with Gasteiger partial charge in [-0.25, -0.2) is 8.42 Å². The Hall–Kier alpha value is -3.20. The molecule has 0 aliphatic carbocycles. The maximum atomic E-state index is 12.7. The molecule has 0 unspecified atom stereocenters. The first kappa shape index (κ1) is 20.5. The molecular formula is C20H22N4O4S. The monoisotopic (exact) mass is 414 g/mol. The lowest BCUT2D eigenvalue weighted by atomic mass is 9.99. The molecule has 0 saturated heterocycles. The van der Waals surface area contributed by atoms with Crippen LogP contribution in [0.25, 0.3) is 0 Å². The first-order valence-corrected chi connectivity index (χ1v) is 10.7. The Morgan fingerprint density at radius 2 is 1.69 bits per heavy atom. The lowest BCUT2D eigenvalue weighted by Gasteiger charge is -2.19. The number of rotatable bonds is 5. The fraction of sp³-hybridized carbons (Fsp3) is 0.250. The Kier molecular flexibility index (Phi) is 5.97. The molecular weight excluding hydrogens is 392 g/mol. The number of aliphatic imine (C=N–C) groups is 1. The van der Waals surface area contributed by atoms with Gasteiger partial charge in [0.2, 0.25) is 0 Å². The molecule has 29 heavy (non-hydrogen) atoms. The van der Waals surface area contributed by atoms with Crippen molar-refractivity contribution in [3.63, 3.8) is 0 Å². The highest BCUT2D eigenvalue weighted by Gasteiger charge is 2.33. The molecule has 8 nitrogen and oxygen atoms in total. The molecule has 0 radical (unpaired) electrons. The van der Waals surface area contributed by atoms with Crippen LogP contribution in [-0.4, -0.2) is 32.1 Å². The minimum Gasteiger partial charge on any atom is -0.271 e. The normalized spacial score (nSPS) is 17.7. The molecule has 1 heterocycles. The summed E-state index contributed by atoms with van der Waals surface area (Å²) < 4.78 is 27.0. The van der Waals surface area contributed by atoms with Crippen LogP contribution in [0.15, 0.2) is 64.5 Å². The third-order valence-corrected chi connectivity index (χ3v) is 6.11. The van der Waals surface area contributed by atoms with Crippen LogP contribution in [-0.2, 0) is 14.8 Å². The number of sulfonamides is 1. The fourth-order valence-electron chi connectivity index (χ4n) is 2.89. The number of amides is 2. The smallest absolute Gasteiger partial charge is 0.269 e. The molecule has 2 aromatic carbocycles. The third-order valence-electron chi connectivity index (χ3n) is 4.72. The fourth-order valence-corrected chi connectivity index (χ4v) is 4.13. The van der Waals surface area contributed by atoms with Crippen LogP contribution in [0, 0.1) is 5.92 Å². The molecule has 0 aromatic heterocycles. The maximum Gasteiger partial charge on any atom is 0.269 e. The number of carbonyl (C=O) groups is 2. The molecule has 0 saturated carbocycles. The van der Waals surface area contributed by atoms with Gasteiger partial charge < -0.3 is 0 Å². The van der Waals surface area contributed by atoms with Crippen LogP contribution in [0.5, 0.6) is 0 Å². The highest BCUT2D eigenvalue weighted by Crippen LogP contribution is 2.24. The molecule has 2 amide bonds. The van der Waals surface area contributed by atoms with Crippen molar-refractivity contribution in [1.29, 1.82) is 0 Å². The number of nitrogens with one attached hydrogen (secondary N) is 3. The van der Waals surface area contributed by atoms with Crippen LogP contribution in [0.1, 0.15) is 36.2 Å². The van der Waals surface area contributed by atoms with Gasteiger partial charge in [0.25, 0.3) is 21.8 Å². The Labute approximate surface area is 169 Å². The van der Waals surface area contributed by atoms with Crippen molar-refractivity contribution in [3.8, 4) is 0 Å². The van der Waals surface area contributed by atoms with Crippen molar-refractivity contribution in [2.45, 2.75) is 31.2 Å². The van der Waals surface area contributed by atoms with E-state index in [4.69, 9.17) is 0 Å². The van der Waals surface area contributed by atoms with E-state index in [1.165, 1.54) is 6.07 Å². The Balaban J connectivity index is 1.81. The molecule has 2 aromatic rings. The molecule has 2 atom stereocenters. The largest absolute Gasteiger partial charge is 0.271 e. The van der Waals surface area contributed by atoms with Gasteiger partial charge in [0, 0.05) is 11.1 Å². The predicted molar refractivity (Wildman–Crippen MR) is 109 cm³/mol. The quantitative estimate of drug-likeness (QED) is 0.644. The average molecular weight is 414 g/mol. The molecule has 9 heteroatoms. The highest BCUT2D eigenvalue weighted by molar-refractivity contribution is 7.90. The van der Waals surface area contributed by atoms with Crippen molar-refractivity contribution in [2.75, 3.05) is 0 Å². The van der Waals surface area contributed by atoms with Crippen molar-refractivity contribution in [2.24, 2.45) is 10.9 Å². The van der Waals surface area contributed by atoms with E-state index in [9.17, 15) is 18.0 Å². The van der Waals surface area contributed by atoms with E-state index in [2.05, 4.69) is 20.6 Å². The number of fused-ring (bicyclic) bond motifs is 1. The second kappa shape index (κ2) is 8.44. The molecule has 3 N–H and O–H groups in total. The van der Waals surface area contributed by atoms with E-state index in [1.54, 1.807) is 48.5 Å². The second-order valence-electron chi connectivity index (χ2n) is 6.72. The number of benzene rings is 2. The predicted octanol–water partition coefficient (Wildman–Crippen LogP) is 1.60. The topological polar surface area (TPSA) is 117 Å². The molecule has 0 bridgehead atoms. The summed E-state index contributed by atoms with van der Waals surface area (Å²) in [4.78, 5) is 29.4. The number of hydrazine groups is 1. The summed E-state index contributed by atoms with van der Waals surface area (Å²) in [6.45, 7) is 3.74. The van der Waals surface area contributed by atoms with Crippen LogP contribution in [0.3, 0.4) is 0 Å². The lowest BCUT2D eigenvalue weighted by molar-refractivity contribution is -0.124. The van der Waals surface area contributed by atoms with Gasteiger partial charge >= 0.3 is 0 Å². The van der Waals surface area contributed by atoms with Gasteiger partial charge in [-0.05, 0) is 30.2 Å². The number of carbonyl (C=O) groups excluding carboxylic acids is 2. The van der Waals surface area contributed by atoms with E-state index >= 15 is 0 Å². The summed E-state index contributed by atoms with van der Waals surface area (Å²) in [7, 11) is -3.70. The Morgan fingerprint density at radius 3 is 2.38 bits per heavy atom. The zero-order valence-corrected chi connectivity index (χ0v) is 16.9. The summed E-state index contributed by atoms with van der Waals surface area (Å²) in [5.74, 6) is -1.05. The van der Waals surface area contributed by atoms with E-state index in [0.717, 1.165) is 0 Å². The van der Waals surface area contributed by atoms with Gasteiger partial charge in [-0.15, -0.1) is 0 Å². The van der Waals surface area contributed by atoms with Crippen LogP contribution >= 0.6 is 0 Å². The number of hydrogen-bond donors (Lipinski definition) is 3. The molecule has 1 aliphatic rings. The first-order valence-electron chi connectivity index (χ1n) is 9.18. The van der Waals surface area contributed by atoms with Crippen molar-refractivity contribution < 1.29 is 18.0 Å². The highest BCUT2D eigenvalue weighted by atomic mass is 32.2. The number of amidine groups is 1. The third kappa shape index (κ3) is 4.45. The molecule has 3 rings (SSSR count). The minimum atomic E-state index is -3.70. The van der Waals surface area contributed by atoms with Crippen LogP contribution in [0.4, 0.5) is 0 Å². The van der Waals surface area contributed by atoms with Gasteiger partial charge in [0.1, 0.15) is 11.9 Å². The number of nitrogens with zero attached hydrogens (tertiary/aromatic N) is 1. The van der Waals surface area contributed by atoms with Crippen molar-refractivity contribution >= 4 is 27.7 Å². The van der Waals surface area contributed by atoms with Crippen molar-refractivity contribution in [3.05, 3.63) is 65.7 Å². The first-order chi connectivity index (χ1) is 13.8. The SMILES string of the molecule is CC[C@H](C)[C@H](N=C1NS(=O)(=O)c2ccccc21)C(=O)NNC(=O)c1ccccc1. The van der Waals surface area contributed by atoms with Crippen molar-refractivity contribution in [1.82, 2.24) is 15.6 Å². The average Bonchev–Trinajstić information content (AvgIpc) is 3.00. The molecule has 1 aliphatic heterocycles. The summed E-state index contributed by atoms with van der Waals surface area (Å²) >= 11 is 0. The summed E-state index contributed by atoms with van der Waals surface area (Å²) in [6, 6.07) is 14.0.